The lowest BCUT2D eigenvalue weighted by atomic mass is 9.80. The van der Waals surface area contributed by atoms with Gasteiger partial charge in [0.2, 0.25) is 0 Å². The lowest BCUT2D eigenvalue weighted by molar-refractivity contribution is -0.0198. The van der Waals surface area contributed by atoms with Gasteiger partial charge in [-0.15, -0.1) is 12.4 Å². The van der Waals surface area contributed by atoms with Crippen LogP contribution in [0.3, 0.4) is 0 Å². The highest BCUT2D eigenvalue weighted by Gasteiger charge is 2.41. The van der Waals surface area contributed by atoms with Crippen molar-refractivity contribution in [2.24, 2.45) is 0 Å². The molecule has 0 spiro atoms. The minimum Gasteiger partial charge on any atom is -0.391 e. The van der Waals surface area contributed by atoms with Crippen molar-refractivity contribution in [1.29, 1.82) is 0 Å². The van der Waals surface area contributed by atoms with Crippen LogP contribution < -0.4 is 5.32 Å². The van der Waals surface area contributed by atoms with Gasteiger partial charge in [-0.1, -0.05) is 95.0 Å². The predicted octanol–water partition coefficient (Wildman–Crippen LogP) is 5.58. The maximum atomic E-state index is 10.4. The first kappa shape index (κ1) is 26.4. The molecule has 2 unspecified atom stereocenters. The Kier molecular flexibility index (Phi) is 15.0. The number of aliphatic hydroxyl groups excluding tert-OH is 2. The number of rotatable bonds is 15. The molecule has 2 atom stereocenters. The van der Waals surface area contributed by atoms with Crippen LogP contribution in [0.25, 0.3) is 0 Å². The summed E-state index contributed by atoms with van der Waals surface area (Å²) < 4.78 is 0. The van der Waals surface area contributed by atoms with E-state index in [-0.39, 0.29) is 12.4 Å². The topological polar surface area (TPSA) is 52.5 Å². The lowest BCUT2D eigenvalue weighted by Crippen LogP contribution is -2.57. The van der Waals surface area contributed by atoms with Crippen LogP contribution >= 0.6 is 12.4 Å². The van der Waals surface area contributed by atoms with Crippen LogP contribution in [0.15, 0.2) is 30.3 Å². The van der Waals surface area contributed by atoms with Crippen LogP contribution in [0.4, 0.5) is 0 Å². The molecule has 0 fully saturated rings. The molecule has 3 N–H and O–H groups in total. The Bertz CT molecular complexity index is 443. The fourth-order valence-corrected chi connectivity index (χ4v) is 3.85. The van der Waals surface area contributed by atoms with Crippen molar-refractivity contribution in [2.75, 3.05) is 6.54 Å². The molecule has 0 aromatic heterocycles. The fourth-order valence-electron chi connectivity index (χ4n) is 3.85. The first-order valence-corrected chi connectivity index (χ1v) is 10.7. The van der Waals surface area contributed by atoms with E-state index < -0.39 is 17.7 Å². The van der Waals surface area contributed by atoms with Gasteiger partial charge in [-0.3, -0.25) is 0 Å². The molecule has 27 heavy (non-hydrogen) atoms. The van der Waals surface area contributed by atoms with Crippen LogP contribution in [0.2, 0.25) is 0 Å². The second-order valence-electron chi connectivity index (χ2n) is 7.70. The molecule has 1 aromatic carbocycles. The molecule has 0 heterocycles. The molecular formula is C23H42ClNO2. The third-order valence-corrected chi connectivity index (χ3v) is 5.52. The Balaban J connectivity index is 0.00000676. The largest absolute Gasteiger partial charge is 0.391 e. The molecule has 0 aliphatic heterocycles. The monoisotopic (exact) mass is 399 g/mol. The van der Waals surface area contributed by atoms with Crippen LogP contribution in [0.5, 0.6) is 0 Å². The summed E-state index contributed by atoms with van der Waals surface area (Å²) in [5.41, 5.74) is 0.137. The molecule has 0 aliphatic carbocycles. The average molecular weight is 400 g/mol. The first-order chi connectivity index (χ1) is 12.6. The summed E-state index contributed by atoms with van der Waals surface area (Å²) >= 11 is 0. The van der Waals surface area contributed by atoms with Crippen molar-refractivity contribution >= 4 is 12.4 Å². The zero-order valence-corrected chi connectivity index (χ0v) is 18.4. The van der Waals surface area contributed by atoms with Gasteiger partial charge in [0.05, 0.1) is 17.7 Å². The van der Waals surface area contributed by atoms with E-state index in [4.69, 9.17) is 0 Å². The molecule has 1 aromatic rings. The summed E-state index contributed by atoms with van der Waals surface area (Å²) in [6, 6.07) is 9.82. The lowest BCUT2D eigenvalue weighted by Gasteiger charge is -2.41. The van der Waals surface area contributed by atoms with Gasteiger partial charge in [0.25, 0.3) is 0 Å². The Morgan fingerprint density at radius 3 is 1.67 bits per heavy atom. The first-order valence-electron chi connectivity index (χ1n) is 10.7. The van der Waals surface area contributed by atoms with Crippen molar-refractivity contribution in [3.8, 4) is 0 Å². The standard InChI is InChI=1S/C23H41NO2.ClH/c1-4-5-6-7-8-9-10-11-12-16-19-24-23(20(2)25,21(3)26)22-17-14-13-15-18-22;/h13-15,17-18,20-21,24-26H,4-12,16,19H2,1-3H3;1H. The van der Waals surface area contributed by atoms with Crippen molar-refractivity contribution in [3.63, 3.8) is 0 Å². The van der Waals surface area contributed by atoms with Gasteiger partial charge < -0.3 is 15.5 Å². The van der Waals surface area contributed by atoms with E-state index in [0.717, 1.165) is 18.5 Å². The third-order valence-electron chi connectivity index (χ3n) is 5.52. The number of nitrogens with one attached hydrogen (secondary N) is 1. The summed E-state index contributed by atoms with van der Waals surface area (Å²) in [6.45, 7) is 6.58. The van der Waals surface area contributed by atoms with E-state index in [1.807, 2.05) is 30.3 Å². The molecule has 0 bridgehead atoms. The Labute approximate surface area is 173 Å². The molecule has 1 rings (SSSR count). The molecule has 0 saturated heterocycles. The number of hydrogen-bond donors (Lipinski definition) is 3. The van der Waals surface area contributed by atoms with Gasteiger partial charge in [0, 0.05) is 0 Å². The zero-order valence-electron chi connectivity index (χ0n) is 17.6. The van der Waals surface area contributed by atoms with E-state index in [9.17, 15) is 10.2 Å². The summed E-state index contributed by atoms with van der Waals surface area (Å²) in [5.74, 6) is 0. The van der Waals surface area contributed by atoms with Crippen LogP contribution in [-0.2, 0) is 5.54 Å². The summed E-state index contributed by atoms with van der Waals surface area (Å²) in [5, 5.41) is 24.3. The number of aliphatic hydroxyl groups is 2. The zero-order chi connectivity index (χ0) is 19.3. The molecule has 0 aliphatic rings. The Hall–Kier alpha value is -0.610. The minimum atomic E-state index is -0.805. The molecule has 0 radical (unpaired) electrons. The normalized spacial score (nSPS) is 15.6. The molecular weight excluding hydrogens is 358 g/mol. The van der Waals surface area contributed by atoms with Crippen molar-refractivity contribution in [1.82, 2.24) is 5.32 Å². The van der Waals surface area contributed by atoms with Gasteiger partial charge in [-0.25, -0.2) is 0 Å². The second kappa shape index (κ2) is 15.3. The number of hydrogen-bond acceptors (Lipinski definition) is 3. The van der Waals surface area contributed by atoms with E-state index >= 15 is 0 Å². The number of benzene rings is 1. The van der Waals surface area contributed by atoms with Gasteiger partial charge in [-0.2, -0.15) is 0 Å². The number of halogens is 1. The highest BCUT2D eigenvalue weighted by molar-refractivity contribution is 5.85. The van der Waals surface area contributed by atoms with Crippen LogP contribution in [-0.4, -0.2) is 29.0 Å². The van der Waals surface area contributed by atoms with E-state index in [0.29, 0.717) is 0 Å². The summed E-state index contributed by atoms with van der Waals surface area (Å²) in [4.78, 5) is 0. The second-order valence-corrected chi connectivity index (χ2v) is 7.70. The predicted molar refractivity (Wildman–Crippen MR) is 119 cm³/mol. The smallest absolute Gasteiger partial charge is 0.0954 e. The SMILES string of the molecule is CCCCCCCCCCCCNC(c1ccccc1)(C(C)O)C(C)O.Cl. The maximum absolute atomic E-state index is 10.4. The quantitative estimate of drug-likeness (QED) is 0.337. The summed E-state index contributed by atoms with van der Waals surface area (Å²) in [6.07, 6.45) is 11.7. The number of unbranched alkanes of at least 4 members (excludes halogenated alkanes) is 9. The molecule has 4 heteroatoms. The Morgan fingerprint density at radius 2 is 1.22 bits per heavy atom. The van der Waals surface area contributed by atoms with Crippen molar-refractivity contribution < 1.29 is 10.2 Å². The molecule has 0 saturated carbocycles. The van der Waals surface area contributed by atoms with Crippen molar-refractivity contribution in [2.45, 2.75) is 103 Å². The maximum Gasteiger partial charge on any atom is 0.0954 e. The van der Waals surface area contributed by atoms with Gasteiger partial charge in [-0.05, 0) is 32.4 Å². The van der Waals surface area contributed by atoms with E-state index in [2.05, 4.69) is 12.2 Å². The summed E-state index contributed by atoms with van der Waals surface area (Å²) in [7, 11) is 0. The average Bonchev–Trinajstić information content (AvgIpc) is 2.63. The van der Waals surface area contributed by atoms with Gasteiger partial charge >= 0.3 is 0 Å². The van der Waals surface area contributed by atoms with Crippen LogP contribution in [0, 0.1) is 0 Å². The molecule has 0 amide bonds. The molecule has 3 nitrogen and oxygen atoms in total. The van der Waals surface area contributed by atoms with Crippen molar-refractivity contribution in [3.05, 3.63) is 35.9 Å². The fraction of sp³-hybridized carbons (Fsp3) is 0.739. The molecule has 158 valence electrons. The van der Waals surface area contributed by atoms with Gasteiger partial charge in [0.1, 0.15) is 0 Å². The van der Waals surface area contributed by atoms with E-state index in [1.165, 1.54) is 57.8 Å². The third kappa shape index (κ3) is 8.95. The highest BCUT2D eigenvalue weighted by Crippen LogP contribution is 2.29. The minimum absolute atomic E-state index is 0. The highest BCUT2D eigenvalue weighted by atomic mass is 35.5. The van der Waals surface area contributed by atoms with E-state index in [1.54, 1.807) is 13.8 Å². The van der Waals surface area contributed by atoms with Gasteiger partial charge in [0.15, 0.2) is 0 Å². The van der Waals surface area contributed by atoms with Crippen LogP contribution in [0.1, 0.15) is 90.5 Å². The Morgan fingerprint density at radius 1 is 0.778 bits per heavy atom.